The lowest BCUT2D eigenvalue weighted by molar-refractivity contribution is 0.0983. The van der Waals surface area contributed by atoms with E-state index in [0.29, 0.717) is 16.5 Å². The number of thiazole rings is 1. The second-order valence-electron chi connectivity index (χ2n) is 8.53. The van der Waals surface area contributed by atoms with Crippen LogP contribution in [0.15, 0.2) is 88.4 Å². The van der Waals surface area contributed by atoms with E-state index in [9.17, 15) is 17.6 Å². The number of nitrogens with zero attached hydrogens (tertiary/aromatic N) is 2. The number of fused-ring (bicyclic) bond motifs is 1. The van der Waals surface area contributed by atoms with Crippen LogP contribution in [0.3, 0.4) is 0 Å². The Morgan fingerprint density at radius 1 is 1.05 bits per heavy atom. The maximum absolute atomic E-state index is 13.6. The fourth-order valence-corrected chi connectivity index (χ4v) is 6.12. The highest BCUT2D eigenvalue weighted by molar-refractivity contribution is 7.92. The molecule has 7 nitrogen and oxygen atoms in total. The van der Waals surface area contributed by atoms with E-state index >= 15 is 0 Å². The van der Waals surface area contributed by atoms with Crippen LogP contribution in [0.25, 0.3) is 10.2 Å². The summed E-state index contributed by atoms with van der Waals surface area (Å²) in [6, 6.07) is 18.3. The largest absolute Gasteiger partial charge is 0.467 e. The van der Waals surface area contributed by atoms with E-state index in [1.807, 2.05) is 19.9 Å². The lowest BCUT2D eigenvalue weighted by Gasteiger charge is -2.19. The summed E-state index contributed by atoms with van der Waals surface area (Å²) in [5, 5.41) is 0.534. The Bertz CT molecular complexity index is 1680. The molecule has 2 aromatic heterocycles. The van der Waals surface area contributed by atoms with Crippen LogP contribution in [0.1, 0.15) is 27.2 Å². The molecule has 0 spiro atoms. The zero-order chi connectivity index (χ0) is 26.2. The van der Waals surface area contributed by atoms with Crippen molar-refractivity contribution in [1.82, 2.24) is 4.98 Å². The molecular formula is C27H22FN3O4S2. The van der Waals surface area contributed by atoms with E-state index in [1.165, 1.54) is 35.6 Å². The summed E-state index contributed by atoms with van der Waals surface area (Å²) in [6.45, 7) is 4.19. The van der Waals surface area contributed by atoms with Gasteiger partial charge in [-0.3, -0.25) is 14.4 Å². The van der Waals surface area contributed by atoms with E-state index in [-0.39, 0.29) is 23.0 Å². The van der Waals surface area contributed by atoms with E-state index in [0.717, 1.165) is 33.5 Å². The van der Waals surface area contributed by atoms with Crippen molar-refractivity contribution in [2.75, 3.05) is 9.62 Å². The summed E-state index contributed by atoms with van der Waals surface area (Å²) >= 11 is 1.42. The molecule has 0 bridgehead atoms. The SMILES string of the molecule is Cc1cc(C)c2nc(N(Cc3ccco3)C(=O)c3ccc(NS(=O)(=O)c4ccc(F)cc4)cc3)sc2c1. The molecule has 1 amide bonds. The number of benzene rings is 3. The van der Waals surface area contributed by atoms with Crippen molar-refractivity contribution in [3.63, 3.8) is 0 Å². The predicted octanol–water partition coefficient (Wildman–Crippen LogP) is 6.29. The molecule has 0 unspecified atom stereocenters. The van der Waals surface area contributed by atoms with Crippen LogP contribution in [-0.2, 0) is 16.6 Å². The van der Waals surface area contributed by atoms with Gasteiger partial charge in [0.2, 0.25) is 0 Å². The molecule has 0 saturated heterocycles. The number of amides is 1. The van der Waals surface area contributed by atoms with Crippen LogP contribution in [0.4, 0.5) is 15.2 Å². The molecule has 5 aromatic rings. The molecule has 0 fully saturated rings. The number of rotatable bonds is 7. The number of hydrogen-bond acceptors (Lipinski definition) is 6. The first-order valence-corrected chi connectivity index (χ1v) is 13.6. The summed E-state index contributed by atoms with van der Waals surface area (Å²) in [4.78, 5) is 19.9. The Kier molecular flexibility index (Phi) is 6.53. The molecule has 188 valence electrons. The second-order valence-corrected chi connectivity index (χ2v) is 11.2. The molecule has 0 saturated carbocycles. The van der Waals surface area contributed by atoms with Crippen molar-refractivity contribution in [2.45, 2.75) is 25.3 Å². The van der Waals surface area contributed by atoms with Gasteiger partial charge in [-0.2, -0.15) is 0 Å². The molecule has 1 N–H and O–H groups in total. The Balaban J connectivity index is 1.43. The number of sulfonamides is 1. The van der Waals surface area contributed by atoms with Crippen molar-refractivity contribution < 1.29 is 22.0 Å². The minimum atomic E-state index is -3.91. The predicted molar refractivity (Wildman–Crippen MR) is 142 cm³/mol. The summed E-state index contributed by atoms with van der Waals surface area (Å²) in [5.41, 5.74) is 3.60. The number of aromatic nitrogens is 1. The maximum atomic E-state index is 13.6. The van der Waals surface area contributed by atoms with Gasteiger partial charge >= 0.3 is 0 Å². The Morgan fingerprint density at radius 3 is 2.46 bits per heavy atom. The van der Waals surface area contributed by atoms with Crippen molar-refractivity contribution in [1.29, 1.82) is 0 Å². The van der Waals surface area contributed by atoms with Gasteiger partial charge in [0.15, 0.2) is 5.13 Å². The molecule has 37 heavy (non-hydrogen) atoms. The van der Waals surface area contributed by atoms with E-state index in [2.05, 4.69) is 10.8 Å². The van der Waals surface area contributed by atoms with Gasteiger partial charge in [-0.1, -0.05) is 17.4 Å². The van der Waals surface area contributed by atoms with Crippen LogP contribution in [0, 0.1) is 19.7 Å². The summed E-state index contributed by atoms with van der Waals surface area (Å²) in [6.07, 6.45) is 1.55. The van der Waals surface area contributed by atoms with Crippen molar-refractivity contribution in [3.05, 3.63) is 107 Å². The van der Waals surface area contributed by atoms with Crippen LogP contribution in [0.2, 0.25) is 0 Å². The number of carbonyl (C=O) groups is 1. The number of nitrogens with one attached hydrogen (secondary N) is 1. The average Bonchev–Trinajstić information content (AvgIpc) is 3.53. The van der Waals surface area contributed by atoms with Gasteiger partial charge in [-0.05, 0) is 91.7 Å². The third kappa shape index (κ3) is 5.25. The minimum Gasteiger partial charge on any atom is -0.467 e. The van der Waals surface area contributed by atoms with Crippen LogP contribution < -0.4 is 9.62 Å². The highest BCUT2D eigenvalue weighted by Crippen LogP contribution is 2.33. The Hall–Kier alpha value is -4.02. The molecule has 3 aromatic carbocycles. The number of anilines is 2. The number of furan rings is 1. The average molecular weight is 536 g/mol. The third-order valence-corrected chi connectivity index (χ3v) is 8.12. The van der Waals surface area contributed by atoms with E-state index in [4.69, 9.17) is 9.40 Å². The molecule has 0 aliphatic rings. The zero-order valence-corrected chi connectivity index (χ0v) is 21.6. The summed E-state index contributed by atoms with van der Waals surface area (Å²) in [7, 11) is -3.91. The summed E-state index contributed by atoms with van der Waals surface area (Å²) in [5.74, 6) is -0.235. The van der Waals surface area contributed by atoms with Crippen molar-refractivity contribution in [3.8, 4) is 0 Å². The number of halogens is 1. The summed E-state index contributed by atoms with van der Waals surface area (Å²) < 4.78 is 47.3. The third-order valence-electron chi connectivity index (χ3n) is 5.70. The van der Waals surface area contributed by atoms with Crippen molar-refractivity contribution in [2.24, 2.45) is 0 Å². The molecule has 0 aliphatic heterocycles. The molecule has 2 heterocycles. The van der Waals surface area contributed by atoms with Gasteiger partial charge in [-0.25, -0.2) is 17.8 Å². The Morgan fingerprint density at radius 2 is 1.78 bits per heavy atom. The van der Waals surface area contributed by atoms with E-state index < -0.39 is 15.8 Å². The molecule has 0 radical (unpaired) electrons. The highest BCUT2D eigenvalue weighted by atomic mass is 32.2. The van der Waals surface area contributed by atoms with Gasteiger partial charge in [0.1, 0.15) is 11.6 Å². The highest BCUT2D eigenvalue weighted by Gasteiger charge is 2.24. The van der Waals surface area contributed by atoms with Gasteiger partial charge < -0.3 is 4.42 Å². The first-order valence-electron chi connectivity index (χ1n) is 11.3. The number of hydrogen-bond donors (Lipinski definition) is 1. The van der Waals surface area contributed by atoms with Crippen molar-refractivity contribution >= 4 is 48.3 Å². The van der Waals surface area contributed by atoms with Crippen LogP contribution >= 0.6 is 11.3 Å². The van der Waals surface area contributed by atoms with Gasteiger partial charge in [0.25, 0.3) is 15.9 Å². The fourth-order valence-electron chi connectivity index (χ4n) is 3.92. The second kappa shape index (κ2) is 9.79. The molecule has 10 heteroatoms. The van der Waals surface area contributed by atoms with Crippen LogP contribution in [-0.4, -0.2) is 19.3 Å². The van der Waals surface area contributed by atoms with Gasteiger partial charge in [-0.15, -0.1) is 0 Å². The fraction of sp³-hybridized carbons (Fsp3) is 0.111. The quantitative estimate of drug-likeness (QED) is 0.264. The number of carbonyl (C=O) groups excluding carboxylic acids is 1. The molecule has 0 aliphatic carbocycles. The van der Waals surface area contributed by atoms with E-state index in [1.54, 1.807) is 35.4 Å². The Labute approximate surface area is 217 Å². The maximum Gasteiger partial charge on any atom is 0.261 e. The minimum absolute atomic E-state index is 0.0694. The molecule has 0 atom stereocenters. The molecular weight excluding hydrogens is 513 g/mol. The first kappa shape index (κ1) is 24.7. The smallest absolute Gasteiger partial charge is 0.261 e. The lowest BCUT2D eigenvalue weighted by atomic mass is 10.1. The number of aryl methyl sites for hydroxylation is 2. The van der Waals surface area contributed by atoms with Crippen LogP contribution in [0.5, 0.6) is 0 Å². The topological polar surface area (TPSA) is 92.5 Å². The zero-order valence-electron chi connectivity index (χ0n) is 19.9. The lowest BCUT2D eigenvalue weighted by Crippen LogP contribution is -2.30. The monoisotopic (exact) mass is 535 g/mol. The normalized spacial score (nSPS) is 11.5. The van der Waals surface area contributed by atoms with Gasteiger partial charge in [0, 0.05) is 11.3 Å². The molecule has 5 rings (SSSR count). The standard InChI is InChI=1S/C27H22FN3O4S2/c1-17-14-18(2)25-24(15-17)36-27(29-25)31(16-22-4-3-13-35-22)26(32)19-5-9-21(10-6-19)30-37(33,34)23-11-7-20(28)8-12-23/h3-15,30H,16H2,1-2H3. The first-order chi connectivity index (χ1) is 17.7. The van der Waals surface area contributed by atoms with Gasteiger partial charge in [0.05, 0.1) is 27.9 Å².